The van der Waals surface area contributed by atoms with Crippen LogP contribution in [0.25, 0.3) is 22.0 Å². The van der Waals surface area contributed by atoms with Gasteiger partial charge in [-0.25, -0.2) is 26.7 Å². The Balaban J connectivity index is 0.000000218. The molecule has 20 nitrogen and oxygen atoms in total. The molecule has 1 aliphatic rings. The highest BCUT2D eigenvalue weighted by molar-refractivity contribution is 7.89. The van der Waals surface area contributed by atoms with Gasteiger partial charge in [0.2, 0.25) is 17.7 Å². The second-order valence-corrected chi connectivity index (χ2v) is 22.3. The average molecular weight is 1140 g/mol. The second-order valence-electron chi connectivity index (χ2n) is 18.4. The smallest absolute Gasteiger partial charge is 0.266 e. The molecule has 0 fully saturated rings. The third kappa shape index (κ3) is 13.6. The summed E-state index contributed by atoms with van der Waals surface area (Å²) >= 11 is 0. The summed E-state index contributed by atoms with van der Waals surface area (Å²) in [6.45, 7) is 10.3. The van der Waals surface area contributed by atoms with Crippen molar-refractivity contribution in [2.45, 2.75) is 58.3 Å². The molecule has 6 aromatic carbocycles. The number of nitrogens with zero attached hydrogens (tertiary/aromatic N) is 5. The lowest BCUT2D eigenvalue weighted by atomic mass is 9.93. The van der Waals surface area contributed by atoms with Gasteiger partial charge in [-0.2, -0.15) is 0 Å². The van der Waals surface area contributed by atoms with Crippen LogP contribution in [-0.2, 0) is 39.3 Å². The Kier molecular flexibility index (Phi) is 20.1. The lowest BCUT2D eigenvalue weighted by Gasteiger charge is -2.16. The summed E-state index contributed by atoms with van der Waals surface area (Å²) in [6, 6.07) is 37.0. The molecule has 0 atom stereocenters. The molecule has 5 N–H and O–H groups in total. The molecule has 1 aromatic heterocycles. The van der Waals surface area contributed by atoms with E-state index >= 15 is 0 Å². The number of carbonyl (C=O) groups is 5. The van der Waals surface area contributed by atoms with E-state index in [-0.39, 0.29) is 65.5 Å². The van der Waals surface area contributed by atoms with E-state index in [1.807, 2.05) is 68.4 Å². The number of imide groups is 1. The highest BCUT2D eigenvalue weighted by Crippen LogP contribution is 2.43. The zero-order chi connectivity index (χ0) is 59.7. The predicted molar refractivity (Wildman–Crippen MR) is 308 cm³/mol. The number of nitrogen functional groups attached to an aromatic ring is 1. The normalized spacial score (nSPS) is 13.1. The van der Waals surface area contributed by atoms with Crippen molar-refractivity contribution in [1.82, 2.24) is 13.5 Å². The van der Waals surface area contributed by atoms with Crippen molar-refractivity contribution in [2.24, 2.45) is 4.99 Å². The number of Topliss-reactive ketones (excluding diaryl/α,β-unsaturated/α-hetero) is 2. The van der Waals surface area contributed by atoms with Crippen molar-refractivity contribution >= 4 is 94.2 Å². The number of aliphatic imine (C=N–C) groups is 1. The van der Waals surface area contributed by atoms with Gasteiger partial charge >= 0.3 is 0 Å². The van der Waals surface area contributed by atoms with E-state index in [9.17, 15) is 45.9 Å². The number of carbonyl (C=O) groups excluding carboxylic acids is 5. The van der Waals surface area contributed by atoms with Gasteiger partial charge in [-0.1, -0.05) is 69.6 Å². The standard InChI is InChI=1S/C29H29N3O7S.C21H19NO3.C9H14N2O4S/c1-18-16-25-26(17-24(18)19(2)34)32(20(3)35)29(36)27(25)28(21-8-6-5-7-9-21)30-22-10-12-23(13-11-22)40(37,38)31(4)39-15-14-33;1-12-10-18-19(11-17(12)14(3)23)22(15(4)24)21(25)20(18)13(2)16-8-6-5-7-9-16;1-11(15-7-6-12)16(13,14)9-4-2-8(10)3-5-9/h5-13,16-17,33,36H,14-15H2,1-4H3;5-11H,1-4H3;2-5,12H,6-7,10H2,1H3/b;20-13-;. The molecule has 2 amide bonds. The summed E-state index contributed by atoms with van der Waals surface area (Å²) in [5.74, 6) is -1.73. The summed E-state index contributed by atoms with van der Waals surface area (Å²) in [5.41, 5.74) is 13.8. The monoisotopic (exact) mass is 1140 g/mol. The molecule has 0 radical (unpaired) electrons. The number of aliphatic hydroxyl groups excluding tert-OH is 2. The highest BCUT2D eigenvalue weighted by atomic mass is 32.2. The van der Waals surface area contributed by atoms with Crippen LogP contribution in [0, 0.1) is 13.8 Å². The molecular formula is C59H62N6O14S2. The summed E-state index contributed by atoms with van der Waals surface area (Å²) in [4.78, 5) is 77.6. The number of amides is 2. The molecule has 0 saturated carbocycles. The van der Waals surface area contributed by atoms with Gasteiger partial charge in [0.15, 0.2) is 11.6 Å². The molecule has 0 unspecified atom stereocenters. The van der Waals surface area contributed by atoms with Crippen LogP contribution in [0.2, 0.25) is 0 Å². The number of aryl methyl sites for hydroxylation is 2. The van der Waals surface area contributed by atoms with Crippen LogP contribution < -0.4 is 10.6 Å². The van der Waals surface area contributed by atoms with Crippen LogP contribution in [0.4, 0.5) is 17.1 Å². The maximum absolute atomic E-state index is 13.0. The Hall–Kier alpha value is -8.32. The second kappa shape index (κ2) is 26.3. The van der Waals surface area contributed by atoms with Crippen molar-refractivity contribution in [1.29, 1.82) is 0 Å². The average Bonchev–Trinajstić information content (AvgIpc) is 4.13. The zero-order valence-corrected chi connectivity index (χ0v) is 47.6. The minimum Gasteiger partial charge on any atom is -0.494 e. The number of allylic oxidation sites excluding steroid dienone is 1. The number of benzene rings is 6. The maximum atomic E-state index is 13.0. The SMILES string of the molecule is CC(=O)c1cc2c(cc1C)/C(=C(\C)c1ccccc1)C(=O)N2C(C)=O.CC(=O)c1cc2c(cc1C)c(C(=Nc1ccc(S(=O)(=O)N(C)OCCO)cc1)c1ccccc1)c(O)n2C(C)=O.CN(OCCO)S(=O)(=O)c1ccc(N)cc1. The summed E-state index contributed by atoms with van der Waals surface area (Å²) in [6.07, 6.45) is 0. The van der Waals surface area contributed by atoms with Crippen molar-refractivity contribution in [3.63, 3.8) is 0 Å². The minimum atomic E-state index is -3.98. The van der Waals surface area contributed by atoms with Crippen LogP contribution in [-0.4, -0.2) is 121 Å². The predicted octanol–water partition coefficient (Wildman–Crippen LogP) is 8.07. The summed E-state index contributed by atoms with van der Waals surface area (Å²) in [7, 11) is -5.16. The van der Waals surface area contributed by atoms with E-state index < -0.39 is 26.0 Å². The molecule has 424 valence electrons. The molecule has 0 spiro atoms. The van der Waals surface area contributed by atoms with Crippen LogP contribution in [0.3, 0.4) is 0 Å². The van der Waals surface area contributed by atoms with Crippen molar-refractivity contribution in [2.75, 3.05) is 51.2 Å². The van der Waals surface area contributed by atoms with Crippen LogP contribution in [0.1, 0.15) is 93.5 Å². The van der Waals surface area contributed by atoms with Gasteiger partial charge in [-0.15, -0.1) is 0 Å². The van der Waals surface area contributed by atoms with Gasteiger partial charge in [-0.3, -0.25) is 38.2 Å². The van der Waals surface area contributed by atoms with E-state index in [1.165, 1.54) is 90.3 Å². The first-order valence-electron chi connectivity index (χ1n) is 25.0. The molecule has 22 heteroatoms. The largest absolute Gasteiger partial charge is 0.494 e. The van der Waals surface area contributed by atoms with Gasteiger partial charge in [0, 0.05) is 61.3 Å². The third-order valence-corrected chi connectivity index (χ3v) is 16.1. The fourth-order valence-electron chi connectivity index (χ4n) is 8.76. The van der Waals surface area contributed by atoms with Crippen LogP contribution in [0.15, 0.2) is 148 Å². The number of rotatable bonds is 16. The van der Waals surface area contributed by atoms with E-state index in [2.05, 4.69) is 0 Å². The number of aliphatic hydroxyl groups is 2. The van der Waals surface area contributed by atoms with Crippen molar-refractivity contribution < 1.29 is 65.8 Å². The maximum Gasteiger partial charge on any atom is 0.266 e. The molecule has 1 aliphatic heterocycles. The number of aromatic hydroxyl groups is 1. The van der Waals surface area contributed by atoms with Crippen molar-refractivity contribution in [3.05, 3.63) is 178 Å². The highest BCUT2D eigenvalue weighted by Gasteiger charge is 2.37. The summed E-state index contributed by atoms with van der Waals surface area (Å²) in [5, 5.41) is 29.3. The Bertz CT molecular complexity index is 3830. The first kappa shape index (κ1) is 61.9. The quantitative estimate of drug-likeness (QED) is 0.0234. The fourth-order valence-corrected chi connectivity index (χ4v) is 10.7. The van der Waals surface area contributed by atoms with Crippen LogP contribution >= 0.6 is 0 Å². The van der Waals surface area contributed by atoms with Gasteiger partial charge < -0.3 is 21.1 Å². The van der Waals surface area contributed by atoms with E-state index in [4.69, 9.17) is 30.6 Å². The Morgan fingerprint density at radius 1 is 0.630 bits per heavy atom. The number of nitrogens with two attached hydrogens (primary N) is 1. The van der Waals surface area contributed by atoms with Gasteiger partial charge in [0.05, 0.1) is 70.0 Å². The van der Waals surface area contributed by atoms with Gasteiger partial charge in [0.25, 0.3) is 26.0 Å². The molecule has 0 aliphatic carbocycles. The number of aromatic nitrogens is 1. The summed E-state index contributed by atoms with van der Waals surface area (Å²) < 4.78 is 51.7. The molecule has 81 heavy (non-hydrogen) atoms. The Labute approximate surface area is 469 Å². The number of hydroxylamine groups is 2. The topological polar surface area (TPSA) is 286 Å². The zero-order valence-electron chi connectivity index (χ0n) is 46.0. The number of anilines is 2. The molecule has 0 saturated heterocycles. The first-order valence-corrected chi connectivity index (χ1v) is 27.9. The molecule has 2 heterocycles. The lowest BCUT2D eigenvalue weighted by Crippen LogP contribution is -2.31. The lowest BCUT2D eigenvalue weighted by molar-refractivity contribution is -0.122. The van der Waals surface area contributed by atoms with Crippen molar-refractivity contribution in [3.8, 4) is 5.88 Å². The molecule has 0 bridgehead atoms. The Morgan fingerprint density at radius 2 is 1.10 bits per heavy atom. The first-order chi connectivity index (χ1) is 38.3. The molecule has 8 rings (SSSR count). The van der Waals surface area contributed by atoms with Gasteiger partial charge in [0.1, 0.15) is 0 Å². The number of hydrogen-bond donors (Lipinski definition) is 4. The van der Waals surface area contributed by atoms with E-state index in [0.29, 0.717) is 77.1 Å². The minimum absolute atomic E-state index is 0.0448. The van der Waals surface area contributed by atoms with E-state index in [1.54, 1.807) is 37.3 Å². The third-order valence-electron chi connectivity index (χ3n) is 12.8. The number of ketones is 2. The molecular weight excluding hydrogens is 1080 g/mol. The number of hydrogen-bond acceptors (Lipinski definition) is 16. The number of fused-ring (bicyclic) bond motifs is 2. The van der Waals surface area contributed by atoms with E-state index in [0.717, 1.165) is 30.6 Å². The molecule has 7 aromatic rings. The van der Waals surface area contributed by atoms with Crippen LogP contribution in [0.5, 0.6) is 5.88 Å². The fraction of sp³-hybridized carbons (Fsp3) is 0.220. The Morgan fingerprint density at radius 3 is 1.57 bits per heavy atom. The van der Waals surface area contributed by atoms with Gasteiger partial charge in [-0.05, 0) is 130 Å². The number of sulfonamides is 2.